The molecule has 2 atom stereocenters. The number of nitrogens with one attached hydrogen (secondary N) is 2. The molecule has 2 unspecified atom stereocenters. The third kappa shape index (κ3) is 3.36. The first-order chi connectivity index (χ1) is 10.0. The van der Waals surface area contributed by atoms with Gasteiger partial charge in [-0.15, -0.1) is 0 Å². The van der Waals surface area contributed by atoms with Gasteiger partial charge in [-0.1, -0.05) is 0 Å². The molecule has 21 heavy (non-hydrogen) atoms. The van der Waals surface area contributed by atoms with Crippen molar-refractivity contribution < 1.29 is 23.8 Å². The number of ether oxygens (including phenoxy) is 3. The van der Waals surface area contributed by atoms with Crippen LogP contribution >= 0.6 is 0 Å². The van der Waals surface area contributed by atoms with E-state index in [1.54, 1.807) is 39.3 Å². The molecule has 7 nitrogen and oxygen atoms in total. The minimum Gasteiger partial charge on any atom is -0.497 e. The molecular formula is C14H18N2O5. The quantitative estimate of drug-likeness (QED) is 0.839. The Labute approximate surface area is 122 Å². The van der Waals surface area contributed by atoms with E-state index in [1.807, 2.05) is 0 Å². The number of benzene rings is 1. The van der Waals surface area contributed by atoms with Gasteiger partial charge in [0.15, 0.2) is 0 Å². The fourth-order valence-electron chi connectivity index (χ4n) is 2.11. The molecule has 1 aliphatic heterocycles. The van der Waals surface area contributed by atoms with Gasteiger partial charge in [0.1, 0.15) is 23.6 Å². The van der Waals surface area contributed by atoms with Crippen molar-refractivity contribution in [3.63, 3.8) is 0 Å². The normalized spacial score (nSPS) is 20.4. The van der Waals surface area contributed by atoms with Gasteiger partial charge in [-0.3, -0.25) is 4.79 Å². The molecule has 0 radical (unpaired) electrons. The van der Waals surface area contributed by atoms with Crippen LogP contribution in [0.1, 0.15) is 12.5 Å². The van der Waals surface area contributed by atoms with Gasteiger partial charge in [0.25, 0.3) is 0 Å². The number of rotatable bonds is 5. The van der Waals surface area contributed by atoms with Crippen LogP contribution in [0, 0.1) is 0 Å². The van der Waals surface area contributed by atoms with Gasteiger partial charge in [0.2, 0.25) is 5.91 Å². The lowest BCUT2D eigenvalue weighted by Gasteiger charge is -2.15. The molecule has 0 spiro atoms. The van der Waals surface area contributed by atoms with E-state index in [0.29, 0.717) is 11.5 Å². The van der Waals surface area contributed by atoms with Gasteiger partial charge in [0, 0.05) is 12.1 Å². The minimum absolute atomic E-state index is 0.262. The lowest BCUT2D eigenvalue weighted by molar-refractivity contribution is -0.123. The third-order valence-corrected chi connectivity index (χ3v) is 3.26. The van der Waals surface area contributed by atoms with Crippen LogP contribution in [0.25, 0.3) is 0 Å². The van der Waals surface area contributed by atoms with Gasteiger partial charge in [-0.25, -0.2) is 4.79 Å². The van der Waals surface area contributed by atoms with E-state index in [2.05, 4.69) is 10.6 Å². The Hall–Kier alpha value is -2.44. The summed E-state index contributed by atoms with van der Waals surface area (Å²) in [5, 5.41) is 5.21. The molecule has 0 aromatic heterocycles. The van der Waals surface area contributed by atoms with Gasteiger partial charge in [0.05, 0.1) is 14.2 Å². The van der Waals surface area contributed by atoms with Gasteiger partial charge >= 0.3 is 6.09 Å². The summed E-state index contributed by atoms with van der Waals surface area (Å²) in [6, 6.07) is 4.64. The Morgan fingerprint density at radius 1 is 1.38 bits per heavy atom. The zero-order chi connectivity index (χ0) is 15.4. The molecular weight excluding hydrogens is 276 g/mol. The molecule has 7 heteroatoms. The number of hydrogen-bond donors (Lipinski definition) is 2. The Morgan fingerprint density at radius 2 is 2.14 bits per heavy atom. The molecule has 0 bridgehead atoms. The molecule has 2 rings (SSSR count). The molecule has 1 saturated heterocycles. The molecule has 0 saturated carbocycles. The van der Waals surface area contributed by atoms with Crippen LogP contribution in [0.15, 0.2) is 18.2 Å². The van der Waals surface area contributed by atoms with Crippen LogP contribution in [0.5, 0.6) is 11.5 Å². The average molecular weight is 294 g/mol. The molecule has 1 fully saturated rings. The van der Waals surface area contributed by atoms with Crippen LogP contribution in [-0.2, 0) is 16.1 Å². The van der Waals surface area contributed by atoms with Crippen LogP contribution in [0.2, 0.25) is 0 Å². The maximum absolute atomic E-state index is 12.1. The zero-order valence-electron chi connectivity index (χ0n) is 12.1. The van der Waals surface area contributed by atoms with Crippen molar-refractivity contribution in [3.8, 4) is 11.5 Å². The first-order valence-corrected chi connectivity index (χ1v) is 6.51. The van der Waals surface area contributed by atoms with Crippen molar-refractivity contribution >= 4 is 12.0 Å². The van der Waals surface area contributed by atoms with Crippen molar-refractivity contribution in [1.82, 2.24) is 10.6 Å². The van der Waals surface area contributed by atoms with E-state index < -0.39 is 18.2 Å². The van der Waals surface area contributed by atoms with E-state index in [9.17, 15) is 9.59 Å². The summed E-state index contributed by atoms with van der Waals surface area (Å²) in [5.74, 6) is 1.01. The van der Waals surface area contributed by atoms with Crippen molar-refractivity contribution in [2.75, 3.05) is 14.2 Å². The molecule has 1 aromatic carbocycles. The van der Waals surface area contributed by atoms with Crippen molar-refractivity contribution in [3.05, 3.63) is 23.8 Å². The first kappa shape index (κ1) is 15.0. The van der Waals surface area contributed by atoms with Gasteiger partial charge < -0.3 is 24.8 Å². The Morgan fingerprint density at radius 3 is 2.71 bits per heavy atom. The number of carbonyl (C=O) groups excluding carboxylic acids is 2. The van der Waals surface area contributed by atoms with Crippen LogP contribution in [0.4, 0.5) is 4.79 Å². The van der Waals surface area contributed by atoms with Crippen molar-refractivity contribution in [2.45, 2.75) is 25.6 Å². The second-order valence-corrected chi connectivity index (χ2v) is 4.63. The number of alkyl carbamates (subject to hydrolysis) is 1. The standard InChI is InChI=1S/C14H18N2O5/c1-8-12(16-14(18)21-8)13(17)15-7-9-6-10(19-2)4-5-11(9)20-3/h4-6,8,12H,7H2,1-3H3,(H,15,17)(H,16,18). The third-order valence-electron chi connectivity index (χ3n) is 3.26. The Bertz CT molecular complexity index is 546. The zero-order valence-corrected chi connectivity index (χ0v) is 12.1. The number of amides is 2. The Kier molecular flexibility index (Phi) is 4.52. The molecule has 1 aliphatic rings. The van der Waals surface area contributed by atoms with E-state index in [-0.39, 0.29) is 12.5 Å². The maximum Gasteiger partial charge on any atom is 0.408 e. The van der Waals surface area contributed by atoms with Crippen LogP contribution < -0.4 is 20.1 Å². The number of carbonyl (C=O) groups is 2. The summed E-state index contributed by atoms with van der Waals surface area (Å²) in [7, 11) is 3.12. The fraction of sp³-hybridized carbons (Fsp3) is 0.429. The van der Waals surface area contributed by atoms with Crippen LogP contribution in [0.3, 0.4) is 0 Å². The molecule has 2 amide bonds. The highest BCUT2D eigenvalue weighted by atomic mass is 16.6. The summed E-state index contributed by atoms with van der Waals surface area (Å²) in [5.41, 5.74) is 0.781. The van der Waals surface area contributed by atoms with Gasteiger partial charge in [-0.2, -0.15) is 0 Å². The first-order valence-electron chi connectivity index (χ1n) is 6.51. The maximum atomic E-state index is 12.1. The predicted octanol–water partition coefficient (Wildman–Crippen LogP) is 0.817. The van der Waals surface area contributed by atoms with Crippen molar-refractivity contribution in [1.29, 1.82) is 0 Å². The summed E-state index contributed by atoms with van der Waals surface area (Å²) >= 11 is 0. The smallest absolute Gasteiger partial charge is 0.408 e. The fourth-order valence-corrected chi connectivity index (χ4v) is 2.11. The van der Waals surface area contributed by atoms with Gasteiger partial charge in [-0.05, 0) is 25.1 Å². The summed E-state index contributed by atoms with van der Waals surface area (Å²) < 4.78 is 15.3. The van der Waals surface area contributed by atoms with Crippen LogP contribution in [-0.4, -0.2) is 38.4 Å². The largest absolute Gasteiger partial charge is 0.497 e. The molecule has 0 aliphatic carbocycles. The second kappa shape index (κ2) is 6.34. The lowest BCUT2D eigenvalue weighted by atomic mass is 10.1. The summed E-state index contributed by atoms with van der Waals surface area (Å²) in [6.07, 6.45) is -1.08. The van der Waals surface area contributed by atoms with Crippen molar-refractivity contribution in [2.24, 2.45) is 0 Å². The average Bonchev–Trinajstić information content (AvgIpc) is 2.83. The minimum atomic E-state index is -0.686. The number of methoxy groups -OCH3 is 2. The SMILES string of the molecule is COc1ccc(OC)c(CNC(=O)C2NC(=O)OC2C)c1. The highest BCUT2D eigenvalue weighted by Gasteiger charge is 2.35. The van der Waals surface area contributed by atoms with E-state index >= 15 is 0 Å². The lowest BCUT2D eigenvalue weighted by Crippen LogP contribution is -2.45. The highest BCUT2D eigenvalue weighted by molar-refractivity contribution is 5.88. The predicted molar refractivity (Wildman–Crippen MR) is 74.3 cm³/mol. The molecule has 1 heterocycles. The second-order valence-electron chi connectivity index (χ2n) is 4.63. The summed E-state index contributed by atoms with van der Waals surface area (Å²) in [6.45, 7) is 1.92. The van der Waals surface area contributed by atoms with E-state index in [4.69, 9.17) is 14.2 Å². The molecule has 114 valence electrons. The highest BCUT2D eigenvalue weighted by Crippen LogP contribution is 2.23. The molecule has 2 N–H and O–H groups in total. The van der Waals surface area contributed by atoms with E-state index in [0.717, 1.165) is 5.56 Å². The number of hydrogen-bond acceptors (Lipinski definition) is 5. The Balaban J connectivity index is 2.02. The monoisotopic (exact) mass is 294 g/mol. The number of cyclic esters (lactones) is 1. The molecule has 1 aromatic rings. The topological polar surface area (TPSA) is 85.9 Å². The summed E-state index contributed by atoms with van der Waals surface area (Å²) in [4.78, 5) is 23.1. The van der Waals surface area contributed by atoms with E-state index in [1.165, 1.54) is 0 Å².